The van der Waals surface area contributed by atoms with Crippen LogP contribution in [0.3, 0.4) is 0 Å². The van der Waals surface area contributed by atoms with E-state index in [1.165, 1.54) is 5.56 Å². The Bertz CT molecular complexity index is 741. The molecular weight excluding hydrogens is 304 g/mol. The van der Waals surface area contributed by atoms with Crippen LogP contribution in [0, 0.1) is 13.8 Å². The van der Waals surface area contributed by atoms with Gasteiger partial charge in [0.15, 0.2) is 0 Å². The summed E-state index contributed by atoms with van der Waals surface area (Å²) in [5, 5.41) is 2.71. The maximum Gasteiger partial charge on any atom is 0.250 e. The molecule has 0 aromatic heterocycles. The summed E-state index contributed by atoms with van der Waals surface area (Å²) in [4.78, 5) is 23.3. The van der Waals surface area contributed by atoms with E-state index in [1.54, 1.807) is 24.3 Å². The molecule has 0 unspecified atom stereocenters. The second-order valence-electron chi connectivity index (χ2n) is 5.68. The second kappa shape index (κ2) is 8.15. The molecule has 24 heavy (non-hydrogen) atoms. The zero-order valence-corrected chi connectivity index (χ0v) is 14.0. The highest BCUT2D eigenvalue weighted by molar-refractivity contribution is 6.02. The summed E-state index contributed by atoms with van der Waals surface area (Å²) in [5.41, 5.74) is 8.30. The lowest BCUT2D eigenvalue weighted by Gasteiger charge is -2.11. The van der Waals surface area contributed by atoms with Crippen molar-refractivity contribution in [2.45, 2.75) is 26.7 Å². The highest BCUT2D eigenvalue weighted by Gasteiger charge is 2.10. The van der Waals surface area contributed by atoms with Gasteiger partial charge in [-0.15, -0.1) is 0 Å². The maximum atomic E-state index is 12.0. The number of hydrogen-bond acceptors (Lipinski definition) is 3. The van der Waals surface area contributed by atoms with E-state index in [4.69, 9.17) is 10.5 Å². The monoisotopic (exact) mass is 326 g/mol. The predicted molar refractivity (Wildman–Crippen MR) is 94.2 cm³/mol. The van der Waals surface area contributed by atoms with Gasteiger partial charge in [0.25, 0.3) is 5.91 Å². The topological polar surface area (TPSA) is 81.4 Å². The number of para-hydroxylation sites is 1. The van der Waals surface area contributed by atoms with E-state index in [2.05, 4.69) is 11.4 Å². The van der Waals surface area contributed by atoms with Crippen molar-refractivity contribution in [2.75, 3.05) is 11.9 Å². The molecule has 0 saturated heterocycles. The molecule has 0 aliphatic carbocycles. The normalized spacial score (nSPS) is 10.2. The van der Waals surface area contributed by atoms with Crippen LogP contribution in [0.25, 0.3) is 0 Å². The third-order valence-corrected chi connectivity index (χ3v) is 3.60. The largest absolute Gasteiger partial charge is 0.493 e. The highest BCUT2D eigenvalue weighted by Crippen LogP contribution is 2.19. The molecular formula is C19H22N2O3. The van der Waals surface area contributed by atoms with E-state index in [-0.39, 0.29) is 5.91 Å². The molecule has 126 valence electrons. The van der Waals surface area contributed by atoms with Crippen LogP contribution in [-0.2, 0) is 4.79 Å². The Hall–Kier alpha value is -2.82. The van der Waals surface area contributed by atoms with Gasteiger partial charge in [-0.2, -0.15) is 0 Å². The number of primary amides is 1. The molecule has 3 N–H and O–H groups in total. The Morgan fingerprint density at radius 2 is 1.88 bits per heavy atom. The van der Waals surface area contributed by atoms with Gasteiger partial charge in [-0.05, 0) is 44.0 Å². The van der Waals surface area contributed by atoms with Crippen LogP contribution in [0.1, 0.15) is 34.3 Å². The van der Waals surface area contributed by atoms with E-state index in [9.17, 15) is 9.59 Å². The highest BCUT2D eigenvalue weighted by atomic mass is 16.5. The lowest BCUT2D eigenvalue weighted by Crippen LogP contribution is -2.18. The van der Waals surface area contributed by atoms with E-state index in [0.29, 0.717) is 30.7 Å². The summed E-state index contributed by atoms with van der Waals surface area (Å²) in [7, 11) is 0. The molecule has 0 aliphatic rings. The van der Waals surface area contributed by atoms with Crippen LogP contribution in [-0.4, -0.2) is 18.4 Å². The van der Waals surface area contributed by atoms with Crippen molar-refractivity contribution in [2.24, 2.45) is 5.73 Å². The molecule has 0 atom stereocenters. The van der Waals surface area contributed by atoms with Crippen LogP contribution in [0.15, 0.2) is 42.5 Å². The lowest BCUT2D eigenvalue weighted by atomic mass is 10.1. The van der Waals surface area contributed by atoms with E-state index < -0.39 is 5.91 Å². The SMILES string of the molecule is Cc1ccc(OCCCC(=O)Nc2ccccc2C(N)=O)c(C)c1. The lowest BCUT2D eigenvalue weighted by molar-refractivity contribution is -0.116. The van der Waals surface area contributed by atoms with Gasteiger partial charge in [0.2, 0.25) is 5.91 Å². The van der Waals surface area contributed by atoms with Crippen molar-refractivity contribution < 1.29 is 14.3 Å². The van der Waals surface area contributed by atoms with Gasteiger partial charge in [0, 0.05) is 6.42 Å². The van der Waals surface area contributed by atoms with Crippen LogP contribution in [0.2, 0.25) is 0 Å². The van der Waals surface area contributed by atoms with E-state index in [1.807, 2.05) is 26.0 Å². The van der Waals surface area contributed by atoms with Gasteiger partial charge < -0.3 is 15.8 Å². The Balaban J connectivity index is 1.81. The van der Waals surface area contributed by atoms with Gasteiger partial charge in [-0.25, -0.2) is 0 Å². The summed E-state index contributed by atoms with van der Waals surface area (Å²) in [6.45, 7) is 4.48. The summed E-state index contributed by atoms with van der Waals surface area (Å²) >= 11 is 0. The molecule has 2 aromatic rings. The standard InChI is InChI=1S/C19H22N2O3/c1-13-9-10-17(14(2)12-13)24-11-5-8-18(22)21-16-7-4-3-6-15(16)19(20)23/h3-4,6-7,9-10,12H,5,8,11H2,1-2H3,(H2,20,23)(H,21,22). The summed E-state index contributed by atoms with van der Waals surface area (Å²) in [6, 6.07) is 12.7. The molecule has 5 heteroatoms. The average molecular weight is 326 g/mol. The van der Waals surface area contributed by atoms with Gasteiger partial charge >= 0.3 is 0 Å². The number of carbonyl (C=O) groups is 2. The Morgan fingerprint density at radius 3 is 2.58 bits per heavy atom. The fourth-order valence-electron chi connectivity index (χ4n) is 2.40. The number of carbonyl (C=O) groups excluding carboxylic acids is 2. The van der Waals surface area contributed by atoms with E-state index in [0.717, 1.165) is 11.3 Å². The van der Waals surface area contributed by atoms with Crippen LogP contribution in [0.4, 0.5) is 5.69 Å². The quantitative estimate of drug-likeness (QED) is 0.767. The van der Waals surface area contributed by atoms with Crippen molar-refractivity contribution in [3.8, 4) is 5.75 Å². The first-order valence-electron chi connectivity index (χ1n) is 7.86. The van der Waals surface area contributed by atoms with Gasteiger partial charge in [0.1, 0.15) is 5.75 Å². The smallest absolute Gasteiger partial charge is 0.250 e. The van der Waals surface area contributed by atoms with Crippen LogP contribution >= 0.6 is 0 Å². The van der Waals surface area contributed by atoms with Crippen molar-refractivity contribution in [1.29, 1.82) is 0 Å². The Morgan fingerprint density at radius 1 is 1.12 bits per heavy atom. The number of hydrogen-bond donors (Lipinski definition) is 2. The zero-order chi connectivity index (χ0) is 17.5. The number of amides is 2. The third-order valence-electron chi connectivity index (χ3n) is 3.60. The van der Waals surface area contributed by atoms with Crippen molar-refractivity contribution in [1.82, 2.24) is 0 Å². The number of ether oxygens (including phenoxy) is 1. The summed E-state index contributed by atoms with van der Waals surface area (Å²) in [6.07, 6.45) is 0.885. The molecule has 0 fully saturated rings. The molecule has 0 heterocycles. The second-order valence-corrected chi connectivity index (χ2v) is 5.68. The molecule has 0 spiro atoms. The number of benzene rings is 2. The first-order chi connectivity index (χ1) is 11.5. The van der Waals surface area contributed by atoms with Crippen molar-refractivity contribution in [3.63, 3.8) is 0 Å². The van der Waals surface area contributed by atoms with Gasteiger partial charge in [-0.1, -0.05) is 29.8 Å². The Kier molecular flexibility index (Phi) is 5.95. The predicted octanol–water partition coefficient (Wildman–Crippen LogP) is 3.20. The molecule has 0 bridgehead atoms. The summed E-state index contributed by atoms with van der Waals surface area (Å²) < 4.78 is 5.70. The maximum absolute atomic E-state index is 12.0. The fraction of sp³-hybridized carbons (Fsp3) is 0.263. The fourth-order valence-corrected chi connectivity index (χ4v) is 2.40. The van der Waals surface area contributed by atoms with E-state index >= 15 is 0 Å². The van der Waals surface area contributed by atoms with Crippen LogP contribution in [0.5, 0.6) is 5.75 Å². The van der Waals surface area contributed by atoms with Crippen LogP contribution < -0.4 is 15.8 Å². The molecule has 2 rings (SSSR count). The van der Waals surface area contributed by atoms with Crippen molar-refractivity contribution in [3.05, 3.63) is 59.2 Å². The first kappa shape index (κ1) is 17.5. The molecule has 0 saturated carbocycles. The number of nitrogens with one attached hydrogen (secondary N) is 1. The van der Waals surface area contributed by atoms with Crippen molar-refractivity contribution >= 4 is 17.5 Å². The minimum absolute atomic E-state index is 0.173. The number of anilines is 1. The number of aryl methyl sites for hydroxylation is 2. The molecule has 0 aliphatic heterocycles. The molecule has 0 radical (unpaired) electrons. The average Bonchev–Trinajstić information content (AvgIpc) is 2.53. The zero-order valence-electron chi connectivity index (χ0n) is 14.0. The first-order valence-corrected chi connectivity index (χ1v) is 7.86. The number of rotatable bonds is 7. The molecule has 2 aromatic carbocycles. The molecule has 2 amide bonds. The number of nitrogens with two attached hydrogens (primary N) is 1. The minimum atomic E-state index is -0.566. The minimum Gasteiger partial charge on any atom is -0.493 e. The Labute approximate surface area is 141 Å². The molecule has 5 nitrogen and oxygen atoms in total. The van der Waals surface area contributed by atoms with Gasteiger partial charge in [0.05, 0.1) is 17.9 Å². The third kappa shape index (κ3) is 4.84. The van der Waals surface area contributed by atoms with Gasteiger partial charge in [-0.3, -0.25) is 9.59 Å². The summed E-state index contributed by atoms with van der Waals surface area (Å²) in [5.74, 6) is 0.0945.